The Morgan fingerprint density at radius 1 is 0.270 bits per heavy atom. The maximum atomic E-state index is 13.0. The number of esters is 4. The molecule has 0 saturated carbocycles. The van der Waals surface area contributed by atoms with Gasteiger partial charge in [-0.15, -0.1) is 0 Å². The molecule has 0 aromatic rings. The highest BCUT2D eigenvalue weighted by molar-refractivity contribution is 7.47. The average Bonchev–Trinajstić information content (AvgIpc) is 3.64. The van der Waals surface area contributed by atoms with Gasteiger partial charge in [-0.1, -0.05) is 317 Å². The van der Waals surface area contributed by atoms with Crippen LogP contribution in [0.3, 0.4) is 0 Å². The maximum absolute atomic E-state index is 13.0. The van der Waals surface area contributed by atoms with Crippen molar-refractivity contribution in [3.8, 4) is 0 Å². The molecular weight excluding hydrogens is 1170 g/mol. The highest BCUT2D eigenvalue weighted by atomic mass is 31.2. The van der Waals surface area contributed by atoms with Gasteiger partial charge in [0.05, 0.1) is 26.4 Å². The third-order valence-corrected chi connectivity index (χ3v) is 18.3. The standard InChI is InChI=1S/C70H136O17P2/c1-5-9-13-17-20-23-25-27-29-31-32-33-35-37-39-42-45-49-53-57-70(75)87-66(61-81-68(73)55-51-47-43-41-38-36-34-30-28-26-24-21-18-14-10-6-2)63-85-89(78,79)83-59-64(71)58-82-88(76,77)84-62-65(60-80-67(72)54-50-46-16-12-8-4)86-69(74)56-52-48-44-40-22-19-15-11-7-3/h64-66,71H,5-63H2,1-4H3,(H,76,77)(H,78,79)/t64-,65+,66+/m0/s1. The van der Waals surface area contributed by atoms with Crippen LogP contribution in [-0.4, -0.2) is 96.7 Å². The zero-order valence-corrected chi connectivity index (χ0v) is 59.2. The quantitative estimate of drug-likeness (QED) is 0.0222. The van der Waals surface area contributed by atoms with E-state index in [9.17, 15) is 43.2 Å². The van der Waals surface area contributed by atoms with Gasteiger partial charge in [0.2, 0.25) is 0 Å². The van der Waals surface area contributed by atoms with Crippen molar-refractivity contribution >= 4 is 39.5 Å². The molecule has 2 unspecified atom stereocenters. The molecular formula is C70H136O17P2. The monoisotopic (exact) mass is 1310 g/mol. The highest BCUT2D eigenvalue weighted by Gasteiger charge is 2.30. The number of phosphoric acid groups is 2. The van der Waals surface area contributed by atoms with Crippen LogP contribution in [0.15, 0.2) is 0 Å². The molecule has 0 rings (SSSR count). The summed E-state index contributed by atoms with van der Waals surface area (Å²) in [4.78, 5) is 72.2. The number of rotatable bonds is 71. The van der Waals surface area contributed by atoms with E-state index in [4.69, 9.17) is 37.0 Å². The smallest absolute Gasteiger partial charge is 0.462 e. The highest BCUT2D eigenvalue weighted by Crippen LogP contribution is 2.45. The number of carbonyl (C=O) groups is 4. The van der Waals surface area contributed by atoms with Gasteiger partial charge in [0.1, 0.15) is 19.3 Å². The molecule has 0 heterocycles. The number of aliphatic hydroxyl groups is 1. The largest absolute Gasteiger partial charge is 0.472 e. The number of ether oxygens (including phenoxy) is 4. The van der Waals surface area contributed by atoms with Crippen LogP contribution in [0.2, 0.25) is 0 Å². The second kappa shape index (κ2) is 64.8. The normalized spacial score (nSPS) is 14.0. The third kappa shape index (κ3) is 64.6. The van der Waals surface area contributed by atoms with Crippen LogP contribution < -0.4 is 0 Å². The lowest BCUT2D eigenvalue weighted by Crippen LogP contribution is -2.30. The van der Waals surface area contributed by atoms with Gasteiger partial charge in [-0.05, 0) is 25.7 Å². The van der Waals surface area contributed by atoms with Crippen LogP contribution >= 0.6 is 15.6 Å². The van der Waals surface area contributed by atoms with Crippen LogP contribution in [0.4, 0.5) is 0 Å². The third-order valence-electron chi connectivity index (χ3n) is 16.4. The van der Waals surface area contributed by atoms with Crippen LogP contribution in [0.5, 0.6) is 0 Å². The van der Waals surface area contributed by atoms with Crippen molar-refractivity contribution in [1.82, 2.24) is 0 Å². The predicted octanol–water partition coefficient (Wildman–Crippen LogP) is 20.3. The van der Waals surface area contributed by atoms with E-state index in [0.717, 1.165) is 96.3 Å². The van der Waals surface area contributed by atoms with Crippen molar-refractivity contribution in [3.63, 3.8) is 0 Å². The summed E-state index contributed by atoms with van der Waals surface area (Å²) in [5.74, 6) is -2.13. The number of aliphatic hydroxyl groups excluding tert-OH is 1. The van der Waals surface area contributed by atoms with Crippen molar-refractivity contribution in [2.75, 3.05) is 39.6 Å². The fourth-order valence-corrected chi connectivity index (χ4v) is 12.3. The molecule has 0 fully saturated rings. The Hall–Kier alpha value is -1.94. The van der Waals surface area contributed by atoms with Crippen molar-refractivity contribution < 1.29 is 80.2 Å². The zero-order valence-electron chi connectivity index (χ0n) is 57.4. The van der Waals surface area contributed by atoms with E-state index in [1.54, 1.807) is 0 Å². The minimum atomic E-state index is -4.95. The number of hydrogen-bond donors (Lipinski definition) is 3. The van der Waals surface area contributed by atoms with Gasteiger partial charge in [-0.3, -0.25) is 37.3 Å². The SMILES string of the molecule is CCCCCCCCCCCCCCCCCCCCCC(=O)O[C@H](COC(=O)CCCCCCCCCCCCCCCCCC)COP(=O)(O)OC[C@@H](O)COP(=O)(O)OC[C@@H](COC(=O)CCCCCCC)OC(=O)CCCCCCCCCCC. The Morgan fingerprint density at radius 2 is 0.449 bits per heavy atom. The fourth-order valence-electron chi connectivity index (χ4n) is 10.7. The lowest BCUT2D eigenvalue weighted by Gasteiger charge is -2.21. The molecule has 89 heavy (non-hydrogen) atoms. The molecule has 0 aliphatic carbocycles. The Kier molecular flexibility index (Phi) is 63.3. The van der Waals surface area contributed by atoms with E-state index >= 15 is 0 Å². The van der Waals surface area contributed by atoms with E-state index in [1.165, 1.54) is 193 Å². The summed E-state index contributed by atoms with van der Waals surface area (Å²) in [6.07, 6.45) is 53.2. The van der Waals surface area contributed by atoms with Crippen LogP contribution in [0, 0.1) is 0 Å². The molecule has 0 aliphatic heterocycles. The van der Waals surface area contributed by atoms with Crippen LogP contribution in [0.25, 0.3) is 0 Å². The van der Waals surface area contributed by atoms with Gasteiger partial charge in [0, 0.05) is 25.7 Å². The Labute approximate surface area is 543 Å². The topological polar surface area (TPSA) is 237 Å². The van der Waals surface area contributed by atoms with Gasteiger partial charge in [-0.25, -0.2) is 9.13 Å². The summed E-state index contributed by atoms with van der Waals surface area (Å²) in [7, 11) is -9.88. The molecule has 0 amide bonds. The Bertz CT molecular complexity index is 1710. The molecule has 0 aromatic heterocycles. The molecule has 0 spiro atoms. The van der Waals surface area contributed by atoms with E-state index in [1.807, 2.05) is 0 Å². The zero-order chi connectivity index (χ0) is 65.4. The minimum absolute atomic E-state index is 0.105. The second-order valence-corrected chi connectivity index (χ2v) is 28.2. The number of phosphoric ester groups is 2. The fraction of sp³-hybridized carbons (Fsp3) is 0.943. The molecule has 17 nitrogen and oxygen atoms in total. The molecule has 0 radical (unpaired) electrons. The van der Waals surface area contributed by atoms with Crippen molar-refractivity contribution in [1.29, 1.82) is 0 Å². The average molecular weight is 1310 g/mol. The van der Waals surface area contributed by atoms with Gasteiger partial charge in [0.15, 0.2) is 12.2 Å². The minimum Gasteiger partial charge on any atom is -0.462 e. The lowest BCUT2D eigenvalue weighted by molar-refractivity contribution is -0.161. The molecule has 5 atom stereocenters. The number of unbranched alkanes of at least 4 members (excludes halogenated alkanes) is 45. The number of carbonyl (C=O) groups excluding carboxylic acids is 4. The van der Waals surface area contributed by atoms with Crippen LogP contribution in [-0.2, 0) is 65.4 Å². The first-order valence-corrected chi connectivity index (χ1v) is 39.8. The van der Waals surface area contributed by atoms with Crippen molar-refractivity contribution in [2.45, 2.75) is 386 Å². The van der Waals surface area contributed by atoms with Gasteiger partial charge in [-0.2, -0.15) is 0 Å². The summed E-state index contributed by atoms with van der Waals surface area (Å²) >= 11 is 0. The molecule has 3 N–H and O–H groups in total. The summed E-state index contributed by atoms with van der Waals surface area (Å²) in [6, 6.07) is 0. The summed E-state index contributed by atoms with van der Waals surface area (Å²) in [5.41, 5.74) is 0. The Balaban J connectivity index is 5.12. The first kappa shape index (κ1) is 87.1. The molecule has 0 aliphatic rings. The van der Waals surface area contributed by atoms with Gasteiger partial charge >= 0.3 is 39.5 Å². The van der Waals surface area contributed by atoms with Crippen molar-refractivity contribution in [3.05, 3.63) is 0 Å². The van der Waals surface area contributed by atoms with Crippen LogP contribution in [0.1, 0.15) is 368 Å². The lowest BCUT2D eigenvalue weighted by atomic mass is 10.0. The molecule has 0 saturated heterocycles. The summed E-state index contributed by atoms with van der Waals surface area (Å²) < 4.78 is 68.0. The molecule has 0 bridgehead atoms. The van der Waals surface area contributed by atoms with Gasteiger partial charge < -0.3 is 33.8 Å². The van der Waals surface area contributed by atoms with E-state index in [2.05, 4.69) is 27.7 Å². The molecule has 0 aromatic carbocycles. The molecule has 528 valence electrons. The van der Waals surface area contributed by atoms with E-state index in [-0.39, 0.29) is 25.7 Å². The van der Waals surface area contributed by atoms with Crippen molar-refractivity contribution in [2.24, 2.45) is 0 Å². The predicted molar refractivity (Wildman–Crippen MR) is 359 cm³/mol. The first-order chi connectivity index (χ1) is 43.2. The van der Waals surface area contributed by atoms with E-state index < -0.39 is 97.5 Å². The summed E-state index contributed by atoms with van der Waals surface area (Å²) in [6.45, 7) is 4.84. The Morgan fingerprint density at radius 3 is 0.663 bits per heavy atom. The second-order valence-electron chi connectivity index (χ2n) is 25.3. The number of hydrogen-bond acceptors (Lipinski definition) is 15. The summed E-state index contributed by atoms with van der Waals surface area (Å²) in [5, 5.41) is 10.5. The first-order valence-electron chi connectivity index (χ1n) is 36.8. The van der Waals surface area contributed by atoms with E-state index in [0.29, 0.717) is 25.7 Å². The molecule has 19 heteroatoms. The maximum Gasteiger partial charge on any atom is 0.472 e. The van der Waals surface area contributed by atoms with Gasteiger partial charge in [0.25, 0.3) is 0 Å².